The first-order valence-electron chi connectivity index (χ1n) is 12.7. The van der Waals surface area contributed by atoms with Crippen molar-refractivity contribution in [1.29, 1.82) is 0 Å². The number of hydrogen-bond acceptors (Lipinski definition) is 3. The van der Waals surface area contributed by atoms with Gasteiger partial charge >= 0.3 is 0 Å². The van der Waals surface area contributed by atoms with Crippen LogP contribution in [0.3, 0.4) is 0 Å². The Morgan fingerprint density at radius 3 is 2.23 bits per heavy atom. The summed E-state index contributed by atoms with van der Waals surface area (Å²) >= 11 is 0. The van der Waals surface area contributed by atoms with Gasteiger partial charge in [0.15, 0.2) is 0 Å². The lowest BCUT2D eigenvalue weighted by Gasteiger charge is -2.30. The first-order valence-corrected chi connectivity index (χ1v) is 12.7. The molecule has 0 saturated carbocycles. The summed E-state index contributed by atoms with van der Waals surface area (Å²) < 4.78 is 0. The van der Waals surface area contributed by atoms with Crippen LogP contribution in [-0.4, -0.2) is 36.1 Å². The summed E-state index contributed by atoms with van der Waals surface area (Å²) in [5.41, 5.74) is 11.9. The van der Waals surface area contributed by atoms with Crippen molar-refractivity contribution in [3.8, 4) is 0 Å². The Kier molecular flexibility index (Phi) is 5.93. The van der Waals surface area contributed by atoms with Crippen molar-refractivity contribution >= 4 is 34.3 Å². The molecule has 3 heteroatoms. The minimum atomic E-state index is 0.939. The second-order valence-electron chi connectivity index (χ2n) is 9.63. The lowest BCUT2D eigenvalue weighted by atomic mass is 9.86. The fourth-order valence-corrected chi connectivity index (χ4v) is 5.50. The highest BCUT2D eigenvalue weighted by Crippen LogP contribution is 2.38. The Bertz CT molecular complexity index is 1380. The van der Waals surface area contributed by atoms with Crippen LogP contribution >= 0.6 is 0 Å². The van der Waals surface area contributed by atoms with Gasteiger partial charge in [0.25, 0.3) is 0 Å². The number of aromatic nitrogens is 1. The molecular formula is C32H31N3. The van der Waals surface area contributed by atoms with E-state index in [1.165, 1.54) is 44.5 Å². The molecule has 0 amide bonds. The van der Waals surface area contributed by atoms with Crippen molar-refractivity contribution in [2.45, 2.75) is 19.8 Å². The number of likely N-dealkylation sites (tertiary alicyclic amines) is 1. The van der Waals surface area contributed by atoms with Gasteiger partial charge in [-0.1, -0.05) is 78.4 Å². The number of pyridine rings is 1. The lowest BCUT2D eigenvalue weighted by Crippen LogP contribution is -2.34. The van der Waals surface area contributed by atoms with E-state index < -0.39 is 0 Å². The maximum atomic E-state index is 4.53. The Hall–Kier alpha value is -3.69. The van der Waals surface area contributed by atoms with E-state index in [9.17, 15) is 0 Å². The van der Waals surface area contributed by atoms with Crippen molar-refractivity contribution < 1.29 is 0 Å². The van der Waals surface area contributed by atoms with E-state index in [4.69, 9.17) is 0 Å². The Morgan fingerprint density at radius 2 is 1.51 bits per heavy atom. The van der Waals surface area contributed by atoms with Gasteiger partial charge in [0.05, 0.1) is 5.52 Å². The van der Waals surface area contributed by atoms with Crippen molar-refractivity contribution in [2.24, 2.45) is 0 Å². The predicted octanol–water partition coefficient (Wildman–Crippen LogP) is 7.04. The van der Waals surface area contributed by atoms with E-state index in [1.807, 2.05) is 6.20 Å². The minimum absolute atomic E-state index is 0.939. The fraction of sp³-hybridized carbons (Fsp3) is 0.219. The molecular weight excluding hydrogens is 426 g/mol. The minimum Gasteiger partial charge on any atom is -0.383 e. The van der Waals surface area contributed by atoms with E-state index >= 15 is 0 Å². The van der Waals surface area contributed by atoms with E-state index in [2.05, 4.69) is 107 Å². The summed E-state index contributed by atoms with van der Waals surface area (Å²) in [6.07, 6.45) is 8.69. The molecule has 0 unspecified atom stereocenters. The van der Waals surface area contributed by atoms with Crippen LogP contribution < -0.4 is 5.32 Å². The van der Waals surface area contributed by atoms with E-state index in [-0.39, 0.29) is 0 Å². The molecule has 4 aromatic rings. The SMILES string of the molecule is Cc1ccc2c(NCCN3CCC(=C4c5ccccc5C=Cc5ccccc54)CC3)ccnc2c1. The zero-order valence-corrected chi connectivity index (χ0v) is 20.3. The average molecular weight is 458 g/mol. The summed E-state index contributed by atoms with van der Waals surface area (Å²) in [7, 11) is 0. The van der Waals surface area contributed by atoms with Gasteiger partial charge in [0, 0.05) is 43.4 Å². The molecule has 1 aliphatic heterocycles. The molecule has 0 radical (unpaired) electrons. The van der Waals surface area contributed by atoms with Gasteiger partial charge in [0.2, 0.25) is 0 Å². The van der Waals surface area contributed by atoms with Crippen LogP contribution in [0.5, 0.6) is 0 Å². The highest BCUT2D eigenvalue weighted by Gasteiger charge is 2.22. The van der Waals surface area contributed by atoms with E-state index in [1.54, 1.807) is 5.57 Å². The van der Waals surface area contributed by atoms with Crippen molar-refractivity contribution in [2.75, 3.05) is 31.5 Å². The number of anilines is 1. The average Bonchev–Trinajstić information content (AvgIpc) is 3.06. The standard InChI is InChI=1S/C32H31N3/c1-23-10-13-29-30(14-17-33-31(29)22-23)34-18-21-35-19-15-26(16-20-35)32-27-8-4-2-6-24(27)11-12-25-7-3-5-9-28(25)32/h2-14,17,22H,15-16,18-21H2,1H3,(H,33,34). The first kappa shape index (κ1) is 21.8. The van der Waals surface area contributed by atoms with E-state index in [0.717, 1.165) is 44.5 Å². The normalized spacial score (nSPS) is 15.6. The molecule has 174 valence electrons. The van der Waals surface area contributed by atoms with Gasteiger partial charge in [-0.15, -0.1) is 0 Å². The van der Waals surface area contributed by atoms with Crippen LogP contribution in [0.25, 0.3) is 28.6 Å². The molecule has 0 spiro atoms. The number of aryl methyl sites for hydroxylation is 1. The van der Waals surface area contributed by atoms with Gasteiger partial charge in [-0.05, 0) is 65.3 Å². The lowest BCUT2D eigenvalue weighted by molar-refractivity contribution is 0.266. The zero-order valence-electron chi connectivity index (χ0n) is 20.3. The second-order valence-corrected chi connectivity index (χ2v) is 9.63. The fourth-order valence-electron chi connectivity index (χ4n) is 5.50. The van der Waals surface area contributed by atoms with Crippen LogP contribution in [-0.2, 0) is 0 Å². The van der Waals surface area contributed by atoms with Crippen molar-refractivity contribution in [3.05, 3.63) is 112 Å². The maximum Gasteiger partial charge on any atom is 0.0725 e. The molecule has 1 aromatic heterocycles. The monoisotopic (exact) mass is 457 g/mol. The van der Waals surface area contributed by atoms with Gasteiger partial charge in [-0.25, -0.2) is 0 Å². The molecule has 1 N–H and O–H groups in total. The Balaban J connectivity index is 1.17. The third-order valence-corrected chi connectivity index (χ3v) is 7.36. The third-order valence-electron chi connectivity index (χ3n) is 7.36. The first-order chi connectivity index (χ1) is 17.3. The van der Waals surface area contributed by atoms with Gasteiger partial charge in [0.1, 0.15) is 0 Å². The molecule has 1 saturated heterocycles. The van der Waals surface area contributed by atoms with E-state index in [0.29, 0.717) is 0 Å². The molecule has 2 heterocycles. The highest BCUT2D eigenvalue weighted by atomic mass is 15.1. The quantitative estimate of drug-likeness (QED) is 0.314. The molecule has 1 fully saturated rings. The number of piperidine rings is 1. The zero-order chi connectivity index (χ0) is 23.6. The smallest absolute Gasteiger partial charge is 0.0725 e. The number of hydrogen-bond donors (Lipinski definition) is 1. The number of nitrogens with one attached hydrogen (secondary N) is 1. The van der Waals surface area contributed by atoms with Crippen LogP contribution in [0.1, 0.15) is 40.7 Å². The summed E-state index contributed by atoms with van der Waals surface area (Å²) in [5, 5.41) is 4.86. The molecule has 3 nitrogen and oxygen atoms in total. The van der Waals surface area contributed by atoms with Crippen molar-refractivity contribution in [3.63, 3.8) is 0 Å². The summed E-state index contributed by atoms with van der Waals surface area (Å²) in [6.45, 7) is 6.31. The van der Waals surface area contributed by atoms with Crippen LogP contribution in [0.4, 0.5) is 5.69 Å². The van der Waals surface area contributed by atoms with Gasteiger partial charge < -0.3 is 10.2 Å². The molecule has 3 aromatic carbocycles. The topological polar surface area (TPSA) is 28.2 Å². The van der Waals surface area contributed by atoms with Gasteiger partial charge in [-0.2, -0.15) is 0 Å². The molecule has 0 bridgehead atoms. The predicted molar refractivity (Wildman–Crippen MR) is 148 cm³/mol. The number of fused-ring (bicyclic) bond motifs is 3. The summed E-state index contributed by atoms with van der Waals surface area (Å²) in [6, 6.07) is 26.3. The summed E-state index contributed by atoms with van der Waals surface area (Å²) in [4.78, 5) is 7.13. The maximum absolute atomic E-state index is 4.53. The van der Waals surface area contributed by atoms with Crippen LogP contribution in [0.15, 0.2) is 84.6 Å². The second kappa shape index (κ2) is 9.52. The molecule has 6 rings (SSSR count). The molecule has 2 aliphatic rings. The molecule has 35 heavy (non-hydrogen) atoms. The molecule has 0 atom stereocenters. The number of nitrogens with zero attached hydrogens (tertiary/aromatic N) is 2. The number of rotatable bonds is 4. The molecule has 1 aliphatic carbocycles. The van der Waals surface area contributed by atoms with Gasteiger partial charge in [-0.3, -0.25) is 4.98 Å². The third kappa shape index (κ3) is 4.40. The Morgan fingerprint density at radius 1 is 0.829 bits per heavy atom. The van der Waals surface area contributed by atoms with Crippen LogP contribution in [0, 0.1) is 6.92 Å². The van der Waals surface area contributed by atoms with Crippen molar-refractivity contribution in [1.82, 2.24) is 9.88 Å². The summed E-state index contributed by atoms with van der Waals surface area (Å²) in [5.74, 6) is 0. The largest absolute Gasteiger partial charge is 0.383 e. The Labute approximate surface area is 207 Å². The number of benzene rings is 3. The van der Waals surface area contributed by atoms with Crippen LogP contribution in [0.2, 0.25) is 0 Å². The highest BCUT2D eigenvalue weighted by molar-refractivity contribution is 5.95.